The maximum Gasteiger partial charge on any atom is 0.397 e. The summed E-state index contributed by atoms with van der Waals surface area (Å²) >= 11 is 7.17. The number of rotatable bonds is 5. The normalized spacial score (nSPS) is 11.4. The molecule has 146 valence electrons. The molecule has 28 heavy (non-hydrogen) atoms. The summed E-state index contributed by atoms with van der Waals surface area (Å²) in [6, 6.07) is 7.63. The highest BCUT2D eigenvalue weighted by Crippen LogP contribution is 2.28. The Hall–Kier alpha value is -2.86. The summed E-state index contributed by atoms with van der Waals surface area (Å²) < 4.78 is 37.9. The number of hydrogen-bond acceptors (Lipinski definition) is 7. The lowest BCUT2D eigenvalue weighted by Gasteiger charge is -2.08. The van der Waals surface area contributed by atoms with Crippen molar-refractivity contribution in [2.75, 3.05) is 11.1 Å². The first-order chi connectivity index (χ1) is 13.2. The first-order valence-electron chi connectivity index (χ1n) is 7.54. The molecule has 3 rings (SSSR count). The van der Waals surface area contributed by atoms with Gasteiger partial charge in [-0.2, -0.15) is 13.2 Å². The molecule has 0 saturated carbocycles. The smallest absolute Gasteiger partial charge is 0.366 e. The Kier molecular flexibility index (Phi) is 5.70. The van der Waals surface area contributed by atoms with E-state index in [1.165, 1.54) is 29.2 Å². The average Bonchev–Trinajstić information content (AvgIpc) is 3.01. The number of alkyl halides is 3. The molecular weight excluding hydrogens is 419 g/mol. The van der Waals surface area contributed by atoms with Crippen molar-refractivity contribution >= 4 is 40.9 Å². The minimum absolute atomic E-state index is 0.0760. The Bertz CT molecular complexity index is 994. The van der Waals surface area contributed by atoms with Crippen LogP contribution in [0.15, 0.2) is 46.7 Å². The molecule has 0 aliphatic carbocycles. The van der Waals surface area contributed by atoms with Crippen LogP contribution in [0, 0.1) is 0 Å². The molecule has 8 nitrogen and oxygen atoms in total. The van der Waals surface area contributed by atoms with Crippen molar-refractivity contribution in [1.29, 1.82) is 0 Å². The summed E-state index contributed by atoms with van der Waals surface area (Å²) in [6.45, 7) is 0. The van der Waals surface area contributed by atoms with Crippen LogP contribution in [0.1, 0.15) is 6.42 Å². The monoisotopic (exact) mass is 429 g/mol. The SMILES string of the molecule is Nc1ncn(-c2cc(Cl)nc(Sc3ccc(NC(=O)CC(F)(F)F)cc3)n2)n1. The maximum absolute atomic E-state index is 12.2. The van der Waals surface area contributed by atoms with E-state index < -0.39 is 18.5 Å². The Morgan fingerprint density at radius 1 is 1.25 bits per heavy atom. The van der Waals surface area contributed by atoms with Crippen LogP contribution in [0.4, 0.5) is 24.8 Å². The molecule has 0 bridgehead atoms. The van der Waals surface area contributed by atoms with E-state index in [0.29, 0.717) is 15.9 Å². The van der Waals surface area contributed by atoms with E-state index in [-0.39, 0.29) is 16.8 Å². The van der Waals surface area contributed by atoms with E-state index >= 15 is 0 Å². The summed E-state index contributed by atoms with van der Waals surface area (Å²) in [5, 5.41) is 6.61. The Labute approximate surface area is 165 Å². The molecule has 0 radical (unpaired) electrons. The lowest BCUT2D eigenvalue weighted by atomic mass is 10.3. The number of nitrogens with two attached hydrogens (primary N) is 1. The van der Waals surface area contributed by atoms with Gasteiger partial charge in [-0.25, -0.2) is 19.6 Å². The summed E-state index contributed by atoms with van der Waals surface area (Å²) in [4.78, 5) is 24.2. The van der Waals surface area contributed by atoms with Gasteiger partial charge in [0.2, 0.25) is 11.9 Å². The molecule has 1 amide bonds. The van der Waals surface area contributed by atoms with Crippen LogP contribution in [-0.2, 0) is 4.79 Å². The number of aromatic nitrogens is 5. The van der Waals surface area contributed by atoms with Gasteiger partial charge in [0.05, 0.1) is 0 Å². The predicted octanol–water partition coefficient (Wildman–Crippen LogP) is 3.34. The molecular formula is C15H11ClF3N7OS. The van der Waals surface area contributed by atoms with Crippen molar-refractivity contribution in [2.24, 2.45) is 0 Å². The van der Waals surface area contributed by atoms with Gasteiger partial charge >= 0.3 is 6.18 Å². The van der Waals surface area contributed by atoms with Crippen molar-refractivity contribution in [1.82, 2.24) is 24.7 Å². The number of carbonyl (C=O) groups is 1. The molecule has 0 spiro atoms. The number of carbonyl (C=O) groups excluding carboxylic acids is 1. The van der Waals surface area contributed by atoms with Crippen LogP contribution in [0.5, 0.6) is 0 Å². The maximum atomic E-state index is 12.2. The summed E-state index contributed by atoms with van der Waals surface area (Å²) in [6.07, 6.45) is -4.73. The van der Waals surface area contributed by atoms with E-state index in [4.69, 9.17) is 17.3 Å². The molecule has 1 aromatic carbocycles. The Morgan fingerprint density at radius 3 is 2.57 bits per heavy atom. The fraction of sp³-hybridized carbons (Fsp3) is 0.133. The number of amides is 1. The number of nitrogens with zero attached hydrogens (tertiary/aromatic N) is 5. The summed E-state index contributed by atoms with van der Waals surface area (Å²) in [5.74, 6) is -0.697. The lowest BCUT2D eigenvalue weighted by Crippen LogP contribution is -2.21. The molecule has 0 atom stereocenters. The van der Waals surface area contributed by atoms with Gasteiger partial charge in [-0.05, 0) is 36.0 Å². The van der Waals surface area contributed by atoms with E-state index in [1.54, 1.807) is 12.1 Å². The highest BCUT2D eigenvalue weighted by Gasteiger charge is 2.31. The number of nitrogens with one attached hydrogen (secondary N) is 1. The Balaban J connectivity index is 1.70. The van der Waals surface area contributed by atoms with Crippen molar-refractivity contribution in [3.8, 4) is 5.82 Å². The van der Waals surface area contributed by atoms with Crippen LogP contribution in [0.25, 0.3) is 5.82 Å². The van der Waals surface area contributed by atoms with Gasteiger partial charge in [-0.15, -0.1) is 5.10 Å². The first kappa shape index (κ1) is 19.9. The van der Waals surface area contributed by atoms with E-state index in [0.717, 1.165) is 11.8 Å². The highest BCUT2D eigenvalue weighted by molar-refractivity contribution is 7.99. The van der Waals surface area contributed by atoms with Crippen LogP contribution in [0.2, 0.25) is 5.15 Å². The lowest BCUT2D eigenvalue weighted by molar-refractivity contribution is -0.150. The first-order valence-corrected chi connectivity index (χ1v) is 8.74. The Morgan fingerprint density at radius 2 is 1.96 bits per heavy atom. The van der Waals surface area contributed by atoms with Crippen molar-refractivity contribution in [2.45, 2.75) is 22.6 Å². The third kappa shape index (κ3) is 5.57. The van der Waals surface area contributed by atoms with Crippen molar-refractivity contribution < 1.29 is 18.0 Å². The zero-order valence-corrected chi connectivity index (χ0v) is 15.4. The molecule has 0 fully saturated rings. The topological polar surface area (TPSA) is 112 Å². The van der Waals surface area contributed by atoms with Gasteiger partial charge in [0.15, 0.2) is 11.0 Å². The molecule has 0 unspecified atom stereocenters. The minimum atomic E-state index is -4.56. The van der Waals surface area contributed by atoms with Gasteiger partial charge in [0.1, 0.15) is 17.9 Å². The van der Waals surface area contributed by atoms with Gasteiger partial charge in [0.25, 0.3) is 0 Å². The fourth-order valence-corrected chi connectivity index (χ4v) is 3.03. The standard InChI is InChI=1S/C15H11ClF3N7OS/c16-10-5-11(26-7-21-13(20)25-26)24-14(23-10)28-9-3-1-8(2-4-9)22-12(27)6-15(17,18)19/h1-5,7H,6H2,(H2,20,25)(H,22,27). The molecule has 2 aromatic heterocycles. The third-order valence-corrected chi connectivity index (χ3v) is 4.18. The highest BCUT2D eigenvalue weighted by atomic mass is 35.5. The molecule has 13 heteroatoms. The fourth-order valence-electron chi connectivity index (χ4n) is 2.03. The predicted molar refractivity (Wildman–Crippen MR) is 96.2 cm³/mol. The number of hydrogen-bond donors (Lipinski definition) is 2. The van der Waals surface area contributed by atoms with Gasteiger partial charge in [-0.1, -0.05) is 11.6 Å². The molecule has 3 N–H and O–H groups in total. The third-order valence-electron chi connectivity index (χ3n) is 3.11. The van der Waals surface area contributed by atoms with Crippen LogP contribution in [0.3, 0.4) is 0 Å². The summed E-state index contributed by atoms with van der Waals surface area (Å²) in [7, 11) is 0. The molecule has 0 saturated heterocycles. The summed E-state index contributed by atoms with van der Waals surface area (Å²) in [5.41, 5.74) is 5.72. The van der Waals surface area contributed by atoms with Crippen LogP contribution < -0.4 is 11.1 Å². The van der Waals surface area contributed by atoms with E-state index in [1.807, 2.05) is 0 Å². The second-order valence-electron chi connectivity index (χ2n) is 5.35. The molecule has 0 aliphatic heterocycles. The zero-order chi connectivity index (χ0) is 20.3. The minimum Gasteiger partial charge on any atom is -0.366 e. The van der Waals surface area contributed by atoms with Crippen molar-refractivity contribution in [3.63, 3.8) is 0 Å². The van der Waals surface area contributed by atoms with Gasteiger partial charge < -0.3 is 11.1 Å². The molecule has 0 aliphatic rings. The average molecular weight is 430 g/mol. The number of anilines is 2. The second kappa shape index (κ2) is 8.02. The number of benzene rings is 1. The molecule has 2 heterocycles. The number of nitrogen functional groups attached to an aromatic ring is 1. The zero-order valence-electron chi connectivity index (χ0n) is 13.8. The van der Waals surface area contributed by atoms with Crippen LogP contribution in [-0.4, -0.2) is 36.8 Å². The quantitative estimate of drug-likeness (QED) is 0.472. The van der Waals surface area contributed by atoms with Crippen LogP contribution >= 0.6 is 23.4 Å². The van der Waals surface area contributed by atoms with E-state index in [9.17, 15) is 18.0 Å². The second-order valence-corrected chi connectivity index (χ2v) is 6.77. The number of halogens is 4. The largest absolute Gasteiger partial charge is 0.397 e. The molecule has 3 aromatic rings. The van der Waals surface area contributed by atoms with Gasteiger partial charge in [0, 0.05) is 16.6 Å². The van der Waals surface area contributed by atoms with E-state index in [2.05, 4.69) is 25.4 Å². The van der Waals surface area contributed by atoms with Crippen molar-refractivity contribution in [3.05, 3.63) is 41.8 Å². The van der Waals surface area contributed by atoms with Gasteiger partial charge in [-0.3, -0.25) is 4.79 Å².